The maximum Gasteiger partial charge on any atom is 0.245 e. The van der Waals surface area contributed by atoms with E-state index in [9.17, 15) is 4.79 Å². The van der Waals surface area contributed by atoms with Crippen molar-refractivity contribution in [3.05, 3.63) is 24.2 Å². The van der Waals surface area contributed by atoms with Gasteiger partial charge in [-0.2, -0.15) is 0 Å². The van der Waals surface area contributed by atoms with Crippen LogP contribution in [-0.2, 0) is 20.9 Å². The first kappa shape index (κ1) is 12.7. The molecule has 1 aromatic heterocycles. The fourth-order valence-electron chi connectivity index (χ4n) is 1.15. The molecule has 1 N–H and O–H groups in total. The van der Waals surface area contributed by atoms with Crippen LogP contribution in [-0.4, -0.2) is 32.8 Å². The third kappa shape index (κ3) is 5.53. The van der Waals surface area contributed by atoms with Crippen LogP contribution in [0.1, 0.15) is 12.2 Å². The fraction of sp³-hybridized carbons (Fsp3) is 0.545. The number of hydrogen-bond acceptors (Lipinski definition) is 4. The van der Waals surface area contributed by atoms with Crippen LogP contribution in [0.25, 0.3) is 0 Å². The van der Waals surface area contributed by atoms with E-state index in [4.69, 9.17) is 9.15 Å². The molecule has 0 aromatic carbocycles. The molecule has 0 fully saturated rings. The van der Waals surface area contributed by atoms with Crippen LogP contribution < -0.4 is 5.32 Å². The van der Waals surface area contributed by atoms with Crippen molar-refractivity contribution >= 4 is 5.91 Å². The molecule has 0 saturated heterocycles. The van der Waals surface area contributed by atoms with Crippen molar-refractivity contribution in [1.29, 1.82) is 0 Å². The van der Waals surface area contributed by atoms with Gasteiger partial charge in [-0.3, -0.25) is 4.79 Å². The number of rotatable bonds is 8. The fourth-order valence-corrected chi connectivity index (χ4v) is 1.15. The first-order chi connectivity index (χ1) is 7.83. The molecule has 1 amide bonds. The summed E-state index contributed by atoms with van der Waals surface area (Å²) in [5.74, 6) is 0.706. The number of methoxy groups -OCH3 is 1. The summed E-state index contributed by atoms with van der Waals surface area (Å²) in [4.78, 5) is 11.0. The number of carbonyl (C=O) groups is 1. The molecule has 0 atom stereocenters. The van der Waals surface area contributed by atoms with Crippen molar-refractivity contribution in [1.82, 2.24) is 5.32 Å². The highest BCUT2D eigenvalue weighted by atomic mass is 16.5. The highest BCUT2D eigenvalue weighted by Crippen LogP contribution is 2.01. The number of nitrogens with one attached hydrogen (secondary N) is 1. The molecule has 1 aromatic rings. The summed E-state index contributed by atoms with van der Waals surface area (Å²) >= 11 is 0. The van der Waals surface area contributed by atoms with Gasteiger partial charge in [0.05, 0.1) is 6.26 Å². The van der Waals surface area contributed by atoms with Crippen LogP contribution in [0.3, 0.4) is 0 Å². The molecule has 1 heterocycles. The molecule has 0 aliphatic heterocycles. The predicted molar refractivity (Wildman–Crippen MR) is 57.9 cm³/mol. The van der Waals surface area contributed by atoms with E-state index in [2.05, 4.69) is 10.1 Å². The normalized spacial score (nSPS) is 10.3. The Morgan fingerprint density at radius 1 is 1.56 bits per heavy atom. The van der Waals surface area contributed by atoms with Gasteiger partial charge in [-0.15, -0.1) is 0 Å². The first-order valence-electron chi connectivity index (χ1n) is 5.18. The predicted octanol–water partition coefficient (Wildman–Crippen LogP) is 0.949. The molecule has 90 valence electrons. The van der Waals surface area contributed by atoms with Gasteiger partial charge < -0.3 is 19.2 Å². The molecule has 0 unspecified atom stereocenters. The minimum absolute atomic E-state index is 0.103. The van der Waals surface area contributed by atoms with Gasteiger partial charge in [0.25, 0.3) is 0 Å². The monoisotopic (exact) mass is 227 g/mol. The van der Waals surface area contributed by atoms with Crippen molar-refractivity contribution in [2.45, 2.75) is 13.0 Å². The second-order valence-electron chi connectivity index (χ2n) is 3.27. The standard InChI is InChI=1S/C11H17NO4/c1-14-9-11(13)12-5-3-6-15-8-10-4-2-7-16-10/h2,4,7H,3,5-6,8-9H2,1H3,(H,12,13). The lowest BCUT2D eigenvalue weighted by Crippen LogP contribution is -2.28. The number of amides is 1. The molecule has 5 nitrogen and oxygen atoms in total. The minimum atomic E-state index is -0.103. The topological polar surface area (TPSA) is 60.7 Å². The van der Waals surface area contributed by atoms with E-state index in [0.717, 1.165) is 12.2 Å². The summed E-state index contributed by atoms with van der Waals surface area (Å²) in [6.45, 7) is 1.76. The van der Waals surface area contributed by atoms with Crippen LogP contribution in [0.5, 0.6) is 0 Å². The average molecular weight is 227 g/mol. The number of furan rings is 1. The lowest BCUT2D eigenvalue weighted by atomic mass is 10.4. The van der Waals surface area contributed by atoms with Crippen molar-refractivity contribution in [2.75, 3.05) is 26.9 Å². The molecular formula is C11H17NO4. The smallest absolute Gasteiger partial charge is 0.245 e. The molecule has 1 rings (SSSR count). The van der Waals surface area contributed by atoms with Gasteiger partial charge in [-0.25, -0.2) is 0 Å². The summed E-state index contributed by atoms with van der Waals surface area (Å²) < 4.78 is 15.1. The SMILES string of the molecule is COCC(=O)NCCCOCc1ccco1. The van der Waals surface area contributed by atoms with E-state index in [1.165, 1.54) is 7.11 Å². The second-order valence-corrected chi connectivity index (χ2v) is 3.27. The van der Waals surface area contributed by atoms with Crippen LogP contribution >= 0.6 is 0 Å². The Morgan fingerprint density at radius 3 is 3.12 bits per heavy atom. The van der Waals surface area contributed by atoms with E-state index in [-0.39, 0.29) is 12.5 Å². The maximum absolute atomic E-state index is 11.0. The van der Waals surface area contributed by atoms with E-state index >= 15 is 0 Å². The van der Waals surface area contributed by atoms with Gasteiger partial charge in [0, 0.05) is 20.3 Å². The third-order valence-electron chi connectivity index (χ3n) is 1.89. The highest BCUT2D eigenvalue weighted by Gasteiger charge is 1.98. The van der Waals surface area contributed by atoms with E-state index in [1.54, 1.807) is 6.26 Å². The Bertz CT molecular complexity index is 284. The lowest BCUT2D eigenvalue weighted by molar-refractivity contribution is -0.124. The van der Waals surface area contributed by atoms with Crippen molar-refractivity contribution < 1.29 is 18.7 Å². The van der Waals surface area contributed by atoms with Gasteiger partial charge in [-0.05, 0) is 18.6 Å². The van der Waals surface area contributed by atoms with Gasteiger partial charge in [0.15, 0.2) is 0 Å². The Kier molecular flexibility index (Phi) is 6.29. The number of carbonyl (C=O) groups excluding carboxylic acids is 1. The molecule has 0 aliphatic rings. The maximum atomic E-state index is 11.0. The van der Waals surface area contributed by atoms with Gasteiger partial charge in [0.1, 0.15) is 19.0 Å². The molecule has 0 saturated carbocycles. The van der Waals surface area contributed by atoms with Gasteiger partial charge in [-0.1, -0.05) is 0 Å². The third-order valence-corrected chi connectivity index (χ3v) is 1.89. The van der Waals surface area contributed by atoms with Crippen molar-refractivity contribution in [3.63, 3.8) is 0 Å². The zero-order chi connectivity index (χ0) is 11.6. The molecule has 5 heteroatoms. The minimum Gasteiger partial charge on any atom is -0.467 e. The Labute approximate surface area is 94.7 Å². The van der Waals surface area contributed by atoms with Crippen LogP contribution in [0, 0.1) is 0 Å². The van der Waals surface area contributed by atoms with E-state index < -0.39 is 0 Å². The van der Waals surface area contributed by atoms with Crippen molar-refractivity contribution in [3.8, 4) is 0 Å². The summed E-state index contributed by atoms with van der Waals surface area (Å²) in [7, 11) is 1.49. The zero-order valence-corrected chi connectivity index (χ0v) is 9.40. The largest absolute Gasteiger partial charge is 0.467 e. The summed E-state index contributed by atoms with van der Waals surface area (Å²) in [5, 5.41) is 2.71. The number of hydrogen-bond donors (Lipinski definition) is 1. The van der Waals surface area contributed by atoms with Gasteiger partial charge in [0.2, 0.25) is 5.91 Å². The van der Waals surface area contributed by atoms with E-state index in [0.29, 0.717) is 19.8 Å². The van der Waals surface area contributed by atoms with Crippen LogP contribution in [0.4, 0.5) is 0 Å². The summed E-state index contributed by atoms with van der Waals surface area (Å²) in [6.07, 6.45) is 2.39. The number of ether oxygens (including phenoxy) is 2. The van der Waals surface area contributed by atoms with Crippen LogP contribution in [0.2, 0.25) is 0 Å². The Balaban J connectivity index is 1.90. The molecule has 0 aliphatic carbocycles. The quantitative estimate of drug-likeness (QED) is 0.672. The second kappa shape index (κ2) is 7.90. The van der Waals surface area contributed by atoms with Crippen molar-refractivity contribution in [2.24, 2.45) is 0 Å². The van der Waals surface area contributed by atoms with Crippen LogP contribution in [0.15, 0.2) is 22.8 Å². The summed E-state index contributed by atoms with van der Waals surface area (Å²) in [6, 6.07) is 3.68. The Hall–Kier alpha value is -1.33. The van der Waals surface area contributed by atoms with Gasteiger partial charge >= 0.3 is 0 Å². The highest BCUT2D eigenvalue weighted by molar-refractivity contribution is 5.77. The lowest BCUT2D eigenvalue weighted by Gasteiger charge is -2.04. The zero-order valence-electron chi connectivity index (χ0n) is 9.40. The molecule has 0 spiro atoms. The Morgan fingerprint density at radius 2 is 2.44 bits per heavy atom. The van der Waals surface area contributed by atoms with E-state index in [1.807, 2.05) is 12.1 Å². The molecule has 0 bridgehead atoms. The summed E-state index contributed by atoms with van der Waals surface area (Å²) in [5.41, 5.74) is 0. The molecule has 16 heavy (non-hydrogen) atoms. The molecule has 0 radical (unpaired) electrons. The first-order valence-corrected chi connectivity index (χ1v) is 5.18. The molecular weight excluding hydrogens is 210 g/mol. The average Bonchev–Trinajstić information content (AvgIpc) is 2.76.